The molecule has 28 heavy (non-hydrogen) atoms. The summed E-state index contributed by atoms with van der Waals surface area (Å²) in [6.07, 6.45) is 11.0. The average molecular weight is 398 g/mol. The molecule has 1 aromatic carbocycles. The number of unbranched alkanes of at least 4 members (excludes halogenated alkanes) is 4. The van der Waals surface area contributed by atoms with Crippen LogP contribution in [0.3, 0.4) is 0 Å². The third-order valence-corrected chi connectivity index (χ3v) is 6.50. The molecule has 2 N–H and O–H groups in total. The Hall–Kier alpha value is -1.68. The lowest BCUT2D eigenvalue weighted by Crippen LogP contribution is -2.03. The quantitative estimate of drug-likeness (QED) is 0.385. The van der Waals surface area contributed by atoms with Crippen LogP contribution in [0, 0.1) is 5.41 Å². The van der Waals surface area contributed by atoms with Gasteiger partial charge in [-0.2, -0.15) is 0 Å². The van der Waals surface area contributed by atoms with Crippen molar-refractivity contribution in [2.75, 3.05) is 5.73 Å². The Morgan fingerprint density at radius 1 is 0.964 bits per heavy atom. The summed E-state index contributed by atoms with van der Waals surface area (Å²) in [5.74, 6) is 0.570. The Kier molecular flexibility index (Phi) is 6.92. The van der Waals surface area contributed by atoms with Crippen LogP contribution in [0.4, 0.5) is 5.82 Å². The van der Waals surface area contributed by atoms with Crippen LogP contribution in [0.25, 0.3) is 21.1 Å². The van der Waals surface area contributed by atoms with Gasteiger partial charge >= 0.3 is 0 Å². The van der Waals surface area contributed by atoms with Crippen molar-refractivity contribution in [1.82, 2.24) is 9.97 Å². The topological polar surface area (TPSA) is 51.8 Å². The highest BCUT2D eigenvalue weighted by atomic mass is 32.1. The maximum absolute atomic E-state index is 6.24. The highest BCUT2D eigenvalue weighted by Gasteiger charge is 2.13. The number of aryl methyl sites for hydroxylation is 2. The molecule has 4 heteroatoms. The van der Waals surface area contributed by atoms with Gasteiger partial charge in [0, 0.05) is 5.39 Å². The second-order valence-corrected chi connectivity index (χ2v) is 10.3. The molecule has 2 aromatic heterocycles. The zero-order chi connectivity index (χ0) is 20.1. The van der Waals surface area contributed by atoms with Gasteiger partial charge in [-0.05, 0) is 49.1 Å². The normalized spacial score (nSPS) is 12.3. The van der Waals surface area contributed by atoms with Gasteiger partial charge < -0.3 is 5.73 Å². The van der Waals surface area contributed by atoms with E-state index in [0.29, 0.717) is 11.2 Å². The Morgan fingerprint density at radius 3 is 2.50 bits per heavy atom. The van der Waals surface area contributed by atoms with Crippen LogP contribution in [0.5, 0.6) is 0 Å². The second kappa shape index (κ2) is 9.21. The fourth-order valence-electron chi connectivity index (χ4n) is 3.69. The van der Waals surface area contributed by atoms with Gasteiger partial charge in [0.15, 0.2) is 5.82 Å². The largest absolute Gasteiger partial charge is 0.382 e. The van der Waals surface area contributed by atoms with Crippen LogP contribution >= 0.6 is 11.3 Å². The Labute approximate surface area is 173 Å². The number of rotatable bonds is 9. The number of hydrogen-bond acceptors (Lipinski definition) is 4. The van der Waals surface area contributed by atoms with Gasteiger partial charge in [0.05, 0.1) is 15.2 Å². The zero-order valence-corrected chi connectivity index (χ0v) is 18.8. The number of benzene rings is 1. The highest BCUT2D eigenvalue weighted by molar-refractivity contribution is 7.19. The molecule has 3 rings (SSSR count). The lowest BCUT2D eigenvalue weighted by molar-refractivity contribution is 0.357. The van der Waals surface area contributed by atoms with E-state index in [9.17, 15) is 0 Å². The summed E-state index contributed by atoms with van der Waals surface area (Å²) >= 11 is 1.78. The van der Waals surface area contributed by atoms with Crippen molar-refractivity contribution < 1.29 is 0 Å². The molecule has 0 saturated heterocycles. The molecule has 0 spiro atoms. The van der Waals surface area contributed by atoms with E-state index in [1.165, 1.54) is 65.6 Å². The zero-order valence-electron chi connectivity index (χ0n) is 18.0. The van der Waals surface area contributed by atoms with E-state index in [2.05, 4.69) is 50.9 Å². The fraction of sp³-hybridized carbons (Fsp3) is 0.583. The van der Waals surface area contributed by atoms with Gasteiger partial charge in [-0.15, -0.1) is 11.3 Å². The minimum Gasteiger partial charge on any atom is -0.382 e. The van der Waals surface area contributed by atoms with Gasteiger partial charge in [-0.25, -0.2) is 9.97 Å². The van der Waals surface area contributed by atoms with Crippen molar-refractivity contribution in [3.63, 3.8) is 0 Å². The number of anilines is 1. The Balaban J connectivity index is 1.67. The summed E-state index contributed by atoms with van der Waals surface area (Å²) in [7, 11) is 0. The molecule has 2 heterocycles. The molecule has 0 aliphatic heterocycles. The SMILES string of the molecule is CCCCc1nc2c(N)nc3cc(CCCCCCC(C)(C)C)ccc3c2s1. The molecule has 0 saturated carbocycles. The number of hydrogen-bond donors (Lipinski definition) is 1. The molecule has 3 aromatic rings. The van der Waals surface area contributed by atoms with Gasteiger partial charge in [-0.1, -0.05) is 65.5 Å². The standard InChI is InChI=1S/C24H35N3S/c1-5-6-12-20-27-21-22(28-20)18-14-13-17(16-19(18)26-23(21)25)11-9-7-8-10-15-24(2,3)4/h13-14,16H,5-12,15H2,1-4H3,(H2,25,26). The average Bonchev–Trinajstić information content (AvgIpc) is 3.07. The summed E-state index contributed by atoms with van der Waals surface area (Å²) in [4.78, 5) is 9.41. The van der Waals surface area contributed by atoms with Crippen LogP contribution in [0.15, 0.2) is 18.2 Å². The Morgan fingerprint density at radius 2 is 1.75 bits per heavy atom. The first kappa shape index (κ1) is 21.0. The molecule has 0 unspecified atom stereocenters. The number of nitrogens with zero attached hydrogens (tertiary/aromatic N) is 2. The molecular formula is C24H35N3S. The van der Waals surface area contributed by atoms with E-state index in [4.69, 9.17) is 10.7 Å². The van der Waals surface area contributed by atoms with E-state index in [-0.39, 0.29) is 0 Å². The minimum atomic E-state index is 0.461. The van der Waals surface area contributed by atoms with E-state index in [1.54, 1.807) is 11.3 Å². The third-order valence-electron chi connectivity index (χ3n) is 5.35. The smallest absolute Gasteiger partial charge is 0.151 e. The van der Waals surface area contributed by atoms with Crippen molar-refractivity contribution in [2.45, 2.75) is 85.5 Å². The van der Waals surface area contributed by atoms with Crippen molar-refractivity contribution in [2.24, 2.45) is 5.41 Å². The lowest BCUT2D eigenvalue weighted by Gasteiger charge is -2.17. The summed E-state index contributed by atoms with van der Waals surface area (Å²) in [5, 5.41) is 2.37. The molecule has 0 bridgehead atoms. The van der Waals surface area contributed by atoms with Crippen LogP contribution in [0.2, 0.25) is 0 Å². The lowest BCUT2D eigenvalue weighted by atomic mass is 9.89. The van der Waals surface area contributed by atoms with Crippen molar-refractivity contribution >= 4 is 38.3 Å². The van der Waals surface area contributed by atoms with E-state index < -0.39 is 0 Å². The maximum Gasteiger partial charge on any atom is 0.151 e. The van der Waals surface area contributed by atoms with Crippen LogP contribution in [0.1, 0.15) is 83.2 Å². The van der Waals surface area contributed by atoms with Crippen LogP contribution < -0.4 is 5.73 Å². The summed E-state index contributed by atoms with van der Waals surface area (Å²) < 4.78 is 1.20. The van der Waals surface area contributed by atoms with Gasteiger partial charge in [0.1, 0.15) is 5.52 Å². The van der Waals surface area contributed by atoms with Gasteiger partial charge in [0.25, 0.3) is 0 Å². The van der Waals surface area contributed by atoms with Crippen LogP contribution in [-0.4, -0.2) is 9.97 Å². The van der Waals surface area contributed by atoms with Gasteiger partial charge in [-0.3, -0.25) is 0 Å². The predicted molar refractivity (Wildman–Crippen MR) is 124 cm³/mol. The molecule has 0 fully saturated rings. The number of thiazole rings is 1. The maximum atomic E-state index is 6.24. The minimum absolute atomic E-state index is 0.461. The third kappa shape index (κ3) is 5.44. The molecule has 152 valence electrons. The highest BCUT2D eigenvalue weighted by Crippen LogP contribution is 2.33. The first-order valence-corrected chi connectivity index (χ1v) is 11.7. The molecule has 0 atom stereocenters. The molecule has 0 aliphatic rings. The van der Waals surface area contributed by atoms with E-state index in [0.717, 1.165) is 23.9 Å². The van der Waals surface area contributed by atoms with E-state index >= 15 is 0 Å². The van der Waals surface area contributed by atoms with Crippen LogP contribution in [-0.2, 0) is 12.8 Å². The van der Waals surface area contributed by atoms with Crippen molar-refractivity contribution in [1.29, 1.82) is 0 Å². The second-order valence-electron chi connectivity index (χ2n) is 9.21. The number of fused-ring (bicyclic) bond motifs is 3. The fourth-order valence-corrected chi connectivity index (χ4v) is 4.84. The molecular weight excluding hydrogens is 362 g/mol. The summed E-state index contributed by atoms with van der Waals surface area (Å²) in [6, 6.07) is 6.72. The monoisotopic (exact) mass is 397 g/mol. The number of aromatic nitrogens is 2. The number of pyridine rings is 1. The molecule has 0 aliphatic carbocycles. The number of nitrogens with two attached hydrogens (primary N) is 1. The number of nitrogen functional groups attached to an aromatic ring is 1. The predicted octanol–water partition coefficient (Wildman–Crippen LogP) is 7.31. The summed E-state index contributed by atoms with van der Waals surface area (Å²) in [6.45, 7) is 9.19. The van der Waals surface area contributed by atoms with Gasteiger partial charge in [0.2, 0.25) is 0 Å². The summed E-state index contributed by atoms with van der Waals surface area (Å²) in [5.41, 5.74) is 9.96. The molecule has 0 amide bonds. The first-order chi connectivity index (χ1) is 13.4. The van der Waals surface area contributed by atoms with E-state index in [1.807, 2.05) is 0 Å². The molecule has 3 nitrogen and oxygen atoms in total. The Bertz CT molecular complexity index is 921. The first-order valence-electron chi connectivity index (χ1n) is 10.8. The van der Waals surface area contributed by atoms with Crippen molar-refractivity contribution in [3.05, 3.63) is 28.8 Å². The molecule has 0 radical (unpaired) electrons. The van der Waals surface area contributed by atoms with Crippen molar-refractivity contribution in [3.8, 4) is 0 Å².